The van der Waals surface area contributed by atoms with Gasteiger partial charge >= 0.3 is 0 Å². The average Bonchev–Trinajstić information content (AvgIpc) is 3.26. The molecule has 8 heteroatoms. The molecule has 34 heavy (non-hydrogen) atoms. The summed E-state index contributed by atoms with van der Waals surface area (Å²) in [5, 5.41) is 5.86. The topological polar surface area (TPSA) is 80.3 Å². The summed E-state index contributed by atoms with van der Waals surface area (Å²) >= 11 is 2.89. The van der Waals surface area contributed by atoms with Crippen molar-refractivity contribution in [1.82, 2.24) is 4.98 Å². The van der Waals surface area contributed by atoms with Crippen LogP contribution in [0.25, 0.3) is 10.2 Å². The van der Waals surface area contributed by atoms with E-state index in [2.05, 4.69) is 15.6 Å². The maximum Gasteiger partial charge on any atom is 0.234 e. The number of anilines is 2. The first-order valence-corrected chi connectivity index (χ1v) is 12.8. The van der Waals surface area contributed by atoms with Crippen LogP contribution in [-0.2, 0) is 16.0 Å². The number of para-hydroxylation sites is 2. The first kappa shape index (κ1) is 23.8. The number of thiazole rings is 1. The number of carbonyl (C=O) groups is 2. The van der Waals surface area contributed by atoms with Crippen LogP contribution >= 0.6 is 23.1 Å². The van der Waals surface area contributed by atoms with Gasteiger partial charge in [-0.05, 0) is 49.2 Å². The lowest BCUT2D eigenvalue weighted by Gasteiger charge is -2.10. The molecule has 0 aliphatic heterocycles. The number of fused-ring (bicyclic) bond motifs is 1. The number of aryl methyl sites for hydroxylation is 1. The van der Waals surface area contributed by atoms with Crippen molar-refractivity contribution in [3.8, 4) is 5.75 Å². The second-order valence-electron chi connectivity index (χ2n) is 7.46. The zero-order chi connectivity index (χ0) is 23.8. The summed E-state index contributed by atoms with van der Waals surface area (Å²) in [5.41, 5.74) is 3.39. The number of nitrogens with one attached hydrogen (secondary N) is 2. The van der Waals surface area contributed by atoms with Crippen molar-refractivity contribution in [1.29, 1.82) is 0 Å². The van der Waals surface area contributed by atoms with Gasteiger partial charge in [0, 0.05) is 12.1 Å². The first-order valence-electron chi connectivity index (χ1n) is 11.0. The summed E-state index contributed by atoms with van der Waals surface area (Å²) in [4.78, 5) is 29.4. The van der Waals surface area contributed by atoms with E-state index in [1.54, 1.807) is 0 Å². The van der Waals surface area contributed by atoms with Crippen LogP contribution in [0.15, 0.2) is 77.1 Å². The van der Waals surface area contributed by atoms with E-state index in [1.165, 1.54) is 23.1 Å². The molecule has 3 aromatic carbocycles. The van der Waals surface area contributed by atoms with Gasteiger partial charge in [-0.3, -0.25) is 9.59 Å². The largest absolute Gasteiger partial charge is 0.492 e. The molecule has 2 N–H and O–H groups in total. The Morgan fingerprint density at radius 3 is 2.59 bits per heavy atom. The number of rotatable bonds is 10. The molecule has 0 aliphatic carbocycles. The van der Waals surface area contributed by atoms with E-state index >= 15 is 0 Å². The number of aromatic nitrogens is 1. The number of ether oxygens (including phenoxy) is 1. The molecule has 0 bridgehead atoms. The molecule has 174 valence electrons. The van der Waals surface area contributed by atoms with E-state index < -0.39 is 0 Å². The van der Waals surface area contributed by atoms with Crippen molar-refractivity contribution < 1.29 is 14.3 Å². The molecule has 0 saturated heterocycles. The molecule has 1 aromatic heterocycles. The molecule has 0 fully saturated rings. The fraction of sp³-hybridized carbons (Fsp3) is 0.192. The molecule has 4 rings (SSSR count). The molecular formula is C26H25N3O3S2. The molecule has 0 spiro atoms. The number of carbonyl (C=O) groups excluding carboxylic acids is 2. The lowest BCUT2D eigenvalue weighted by atomic mass is 10.1. The van der Waals surface area contributed by atoms with E-state index in [4.69, 9.17) is 4.74 Å². The van der Waals surface area contributed by atoms with Crippen molar-refractivity contribution in [3.63, 3.8) is 0 Å². The molecule has 0 unspecified atom stereocenters. The lowest BCUT2D eigenvalue weighted by molar-refractivity contribution is -0.116. The zero-order valence-electron chi connectivity index (χ0n) is 18.7. The van der Waals surface area contributed by atoms with E-state index in [1.807, 2.05) is 79.7 Å². The second-order valence-corrected chi connectivity index (χ2v) is 9.72. The summed E-state index contributed by atoms with van der Waals surface area (Å²) in [7, 11) is 0. The van der Waals surface area contributed by atoms with Crippen LogP contribution in [-0.4, -0.2) is 29.2 Å². The van der Waals surface area contributed by atoms with Gasteiger partial charge in [0.1, 0.15) is 5.75 Å². The fourth-order valence-corrected chi connectivity index (χ4v) is 5.24. The second kappa shape index (κ2) is 11.7. The SMILES string of the molecule is CCOc1ccccc1NC(=O)CSc1nc2ccc(NC(=O)CCc3ccccc3)cc2s1. The summed E-state index contributed by atoms with van der Waals surface area (Å²) < 4.78 is 7.32. The normalized spacial score (nSPS) is 10.7. The predicted octanol–water partition coefficient (Wildman–Crippen LogP) is 6.00. The van der Waals surface area contributed by atoms with Gasteiger partial charge in [0.25, 0.3) is 0 Å². The highest BCUT2D eigenvalue weighted by Crippen LogP contribution is 2.32. The van der Waals surface area contributed by atoms with Gasteiger partial charge in [0.2, 0.25) is 11.8 Å². The molecular weight excluding hydrogens is 466 g/mol. The highest BCUT2D eigenvalue weighted by molar-refractivity contribution is 8.01. The number of hydrogen-bond acceptors (Lipinski definition) is 6. The Morgan fingerprint density at radius 2 is 1.76 bits per heavy atom. The van der Waals surface area contributed by atoms with Gasteiger partial charge in [0.15, 0.2) is 4.34 Å². The lowest BCUT2D eigenvalue weighted by Crippen LogP contribution is -2.14. The monoisotopic (exact) mass is 491 g/mol. The quantitative estimate of drug-likeness (QED) is 0.266. The molecule has 0 aliphatic rings. The van der Waals surface area contributed by atoms with Crippen molar-refractivity contribution in [3.05, 3.63) is 78.4 Å². The molecule has 0 radical (unpaired) electrons. The number of hydrogen-bond donors (Lipinski definition) is 2. The minimum atomic E-state index is -0.122. The van der Waals surface area contributed by atoms with Gasteiger partial charge in [-0.2, -0.15) is 0 Å². The van der Waals surface area contributed by atoms with Crippen LogP contribution < -0.4 is 15.4 Å². The third-order valence-electron chi connectivity index (χ3n) is 4.92. The average molecular weight is 492 g/mol. The van der Waals surface area contributed by atoms with Gasteiger partial charge in [0.05, 0.1) is 28.3 Å². The third-order valence-corrected chi connectivity index (χ3v) is 7.08. The Labute approximate surface area is 206 Å². The summed E-state index contributed by atoms with van der Waals surface area (Å²) in [5.74, 6) is 0.749. The van der Waals surface area contributed by atoms with Crippen molar-refractivity contribution >= 4 is 56.5 Å². The Bertz CT molecular complexity index is 1270. The van der Waals surface area contributed by atoms with Gasteiger partial charge in [-0.15, -0.1) is 11.3 Å². The molecule has 0 saturated carbocycles. The van der Waals surface area contributed by atoms with E-state index in [-0.39, 0.29) is 17.6 Å². The summed E-state index contributed by atoms with van der Waals surface area (Å²) in [6.45, 7) is 2.44. The van der Waals surface area contributed by atoms with Crippen molar-refractivity contribution in [2.75, 3.05) is 23.0 Å². The van der Waals surface area contributed by atoms with E-state index in [9.17, 15) is 9.59 Å². The van der Waals surface area contributed by atoms with Crippen molar-refractivity contribution in [2.24, 2.45) is 0 Å². The minimum Gasteiger partial charge on any atom is -0.492 e. The number of nitrogens with zero attached hydrogens (tertiary/aromatic N) is 1. The standard InChI is InChI=1S/C26H25N3O3S2/c1-2-32-22-11-7-6-10-20(22)28-25(31)17-33-26-29-21-14-13-19(16-23(21)34-26)27-24(30)15-12-18-8-4-3-5-9-18/h3-11,13-14,16H,2,12,15,17H2,1H3,(H,27,30)(H,28,31). The van der Waals surface area contributed by atoms with Gasteiger partial charge in [-0.1, -0.05) is 54.2 Å². The molecule has 1 heterocycles. The number of amides is 2. The highest BCUT2D eigenvalue weighted by atomic mass is 32.2. The van der Waals surface area contributed by atoms with Gasteiger partial charge in [-0.25, -0.2) is 4.98 Å². The van der Waals surface area contributed by atoms with E-state index in [0.29, 0.717) is 30.9 Å². The Kier molecular flexibility index (Phi) is 8.17. The maximum absolute atomic E-state index is 12.4. The van der Waals surface area contributed by atoms with Crippen molar-refractivity contribution in [2.45, 2.75) is 24.1 Å². The predicted molar refractivity (Wildman–Crippen MR) is 140 cm³/mol. The fourth-order valence-electron chi connectivity index (χ4n) is 3.33. The highest BCUT2D eigenvalue weighted by Gasteiger charge is 2.11. The van der Waals surface area contributed by atoms with Crippen LogP contribution in [0.2, 0.25) is 0 Å². The minimum absolute atomic E-state index is 0.0219. The molecule has 4 aromatic rings. The van der Waals surface area contributed by atoms with Gasteiger partial charge < -0.3 is 15.4 Å². The summed E-state index contributed by atoms with van der Waals surface area (Å²) in [6, 6.07) is 23.0. The Morgan fingerprint density at radius 1 is 0.971 bits per heavy atom. The number of thioether (sulfide) groups is 1. The maximum atomic E-state index is 12.4. The Balaban J connectivity index is 1.31. The Hall–Kier alpha value is -3.36. The van der Waals surface area contributed by atoms with Crippen LogP contribution in [0, 0.1) is 0 Å². The third kappa shape index (κ3) is 6.59. The van der Waals surface area contributed by atoms with E-state index in [0.717, 1.165) is 25.8 Å². The molecule has 0 atom stereocenters. The van der Waals surface area contributed by atoms with Crippen LogP contribution in [0.3, 0.4) is 0 Å². The van der Waals surface area contributed by atoms with Crippen LogP contribution in [0.5, 0.6) is 5.75 Å². The smallest absolute Gasteiger partial charge is 0.234 e. The molecule has 6 nitrogen and oxygen atoms in total. The molecule has 2 amide bonds. The summed E-state index contributed by atoms with van der Waals surface area (Å²) in [6.07, 6.45) is 1.13. The van der Waals surface area contributed by atoms with Crippen LogP contribution in [0.4, 0.5) is 11.4 Å². The number of benzene rings is 3. The zero-order valence-corrected chi connectivity index (χ0v) is 20.4. The first-order chi connectivity index (χ1) is 16.6. The van der Waals surface area contributed by atoms with Crippen LogP contribution in [0.1, 0.15) is 18.9 Å².